The molecule has 3 aromatic carbocycles. The minimum absolute atomic E-state index is 0.120. The highest BCUT2D eigenvalue weighted by atomic mass is 19.1. The number of benzene rings is 3. The third-order valence-corrected chi connectivity index (χ3v) is 6.91. The Morgan fingerprint density at radius 1 is 0.861 bits per heavy atom. The number of halogens is 2. The molecule has 1 aliphatic heterocycles. The van der Waals surface area contributed by atoms with Crippen molar-refractivity contribution in [3.63, 3.8) is 0 Å². The van der Waals surface area contributed by atoms with Crippen LogP contribution in [0.15, 0.2) is 78.9 Å². The summed E-state index contributed by atoms with van der Waals surface area (Å²) in [7, 11) is 0. The predicted octanol–water partition coefficient (Wildman–Crippen LogP) is 5.62. The predicted molar refractivity (Wildman–Crippen MR) is 138 cm³/mol. The van der Waals surface area contributed by atoms with E-state index in [-0.39, 0.29) is 29.6 Å². The SMILES string of the molecule is C[C@@H]1CN(CCOC(c2ccc(F)cc2)c2ccc(F)cc2)[C@@H](C)CN1C(=O)CCc1ccccc1. The van der Waals surface area contributed by atoms with Gasteiger partial charge in [0.2, 0.25) is 5.91 Å². The number of amides is 1. The summed E-state index contributed by atoms with van der Waals surface area (Å²) in [6.45, 7) is 6.86. The maximum absolute atomic E-state index is 13.5. The van der Waals surface area contributed by atoms with E-state index in [1.807, 2.05) is 23.1 Å². The number of hydrogen-bond donors (Lipinski definition) is 0. The Morgan fingerprint density at radius 3 is 2.03 bits per heavy atom. The van der Waals surface area contributed by atoms with Gasteiger partial charge >= 0.3 is 0 Å². The van der Waals surface area contributed by atoms with Crippen LogP contribution in [0.3, 0.4) is 0 Å². The van der Waals surface area contributed by atoms with E-state index in [2.05, 4.69) is 30.9 Å². The zero-order valence-corrected chi connectivity index (χ0v) is 20.9. The average molecular weight is 493 g/mol. The van der Waals surface area contributed by atoms with Crippen molar-refractivity contribution in [2.45, 2.75) is 44.9 Å². The molecule has 2 atom stereocenters. The molecule has 36 heavy (non-hydrogen) atoms. The summed E-state index contributed by atoms with van der Waals surface area (Å²) in [4.78, 5) is 17.3. The van der Waals surface area contributed by atoms with Crippen molar-refractivity contribution < 1.29 is 18.3 Å². The molecule has 0 saturated carbocycles. The molecule has 1 fully saturated rings. The maximum atomic E-state index is 13.5. The van der Waals surface area contributed by atoms with E-state index in [9.17, 15) is 13.6 Å². The largest absolute Gasteiger partial charge is 0.367 e. The lowest BCUT2D eigenvalue weighted by molar-refractivity contribution is -0.137. The van der Waals surface area contributed by atoms with Gasteiger partial charge in [-0.15, -0.1) is 0 Å². The molecule has 0 aliphatic carbocycles. The molecule has 0 unspecified atom stereocenters. The Labute approximate surface area is 212 Å². The average Bonchev–Trinajstić information content (AvgIpc) is 2.89. The zero-order valence-electron chi connectivity index (χ0n) is 20.9. The Kier molecular flexibility index (Phi) is 8.83. The third kappa shape index (κ3) is 6.77. The van der Waals surface area contributed by atoms with Crippen LogP contribution >= 0.6 is 0 Å². The van der Waals surface area contributed by atoms with Crippen LogP contribution in [0.5, 0.6) is 0 Å². The molecule has 0 aromatic heterocycles. The summed E-state index contributed by atoms with van der Waals surface area (Å²) in [6.07, 6.45) is 0.851. The van der Waals surface area contributed by atoms with E-state index >= 15 is 0 Å². The smallest absolute Gasteiger partial charge is 0.223 e. The standard InChI is InChI=1S/C30H34F2N2O2/c1-22-21-34(29(35)17-8-24-6-4-3-5-7-24)23(2)20-33(22)18-19-36-30(25-9-13-27(31)14-10-25)26-11-15-28(32)16-12-26/h3-7,9-16,22-23,30H,8,17-21H2,1-2H3/t22-,23+/m0/s1. The topological polar surface area (TPSA) is 32.8 Å². The molecule has 190 valence electrons. The summed E-state index contributed by atoms with van der Waals surface area (Å²) in [5, 5.41) is 0. The van der Waals surface area contributed by atoms with Gasteiger partial charge in [-0.25, -0.2) is 8.78 Å². The van der Waals surface area contributed by atoms with Crippen molar-refractivity contribution >= 4 is 5.91 Å². The van der Waals surface area contributed by atoms with Gasteiger partial charge < -0.3 is 9.64 Å². The molecular formula is C30H34F2N2O2. The van der Waals surface area contributed by atoms with Gasteiger partial charge in [0, 0.05) is 38.1 Å². The Hall–Kier alpha value is -3.09. The highest BCUT2D eigenvalue weighted by Gasteiger charge is 2.31. The molecule has 6 heteroatoms. The first-order valence-electron chi connectivity index (χ1n) is 12.6. The number of rotatable bonds is 9. The molecule has 0 bridgehead atoms. The van der Waals surface area contributed by atoms with E-state index in [0.717, 1.165) is 24.1 Å². The molecule has 1 saturated heterocycles. The van der Waals surface area contributed by atoms with E-state index in [0.29, 0.717) is 26.1 Å². The second-order valence-corrected chi connectivity index (χ2v) is 9.58. The second kappa shape index (κ2) is 12.2. The van der Waals surface area contributed by atoms with Gasteiger partial charge in [-0.1, -0.05) is 54.6 Å². The van der Waals surface area contributed by atoms with Crippen LogP contribution in [0.25, 0.3) is 0 Å². The Balaban J connectivity index is 1.33. The summed E-state index contributed by atoms with van der Waals surface area (Å²) in [5.41, 5.74) is 2.82. The van der Waals surface area contributed by atoms with Crippen molar-refractivity contribution in [3.8, 4) is 0 Å². The minimum atomic E-state index is -0.417. The second-order valence-electron chi connectivity index (χ2n) is 9.58. The number of carbonyl (C=O) groups excluding carboxylic acids is 1. The van der Waals surface area contributed by atoms with E-state index in [1.54, 1.807) is 24.3 Å². The van der Waals surface area contributed by atoms with E-state index < -0.39 is 6.10 Å². The van der Waals surface area contributed by atoms with Crippen LogP contribution in [-0.2, 0) is 16.0 Å². The first kappa shape index (κ1) is 26.0. The minimum Gasteiger partial charge on any atom is -0.367 e. The fraction of sp³-hybridized carbons (Fsp3) is 0.367. The number of hydrogen-bond acceptors (Lipinski definition) is 3. The number of aryl methyl sites for hydroxylation is 1. The van der Waals surface area contributed by atoms with Crippen LogP contribution in [0.1, 0.15) is 43.1 Å². The first-order valence-corrected chi connectivity index (χ1v) is 12.6. The van der Waals surface area contributed by atoms with Crippen molar-refractivity contribution in [2.75, 3.05) is 26.2 Å². The van der Waals surface area contributed by atoms with Gasteiger partial charge in [0.25, 0.3) is 0 Å². The number of carbonyl (C=O) groups is 1. The van der Waals surface area contributed by atoms with Crippen molar-refractivity contribution in [3.05, 3.63) is 107 Å². The van der Waals surface area contributed by atoms with Gasteiger partial charge in [-0.2, -0.15) is 0 Å². The molecule has 0 radical (unpaired) electrons. The number of nitrogens with zero attached hydrogens (tertiary/aromatic N) is 2. The first-order chi connectivity index (χ1) is 17.4. The van der Waals surface area contributed by atoms with Gasteiger partial charge in [0.15, 0.2) is 0 Å². The molecule has 1 aliphatic rings. The van der Waals surface area contributed by atoms with E-state index in [1.165, 1.54) is 29.8 Å². The van der Waals surface area contributed by atoms with Crippen molar-refractivity contribution in [2.24, 2.45) is 0 Å². The van der Waals surface area contributed by atoms with Crippen LogP contribution in [0, 0.1) is 11.6 Å². The van der Waals surface area contributed by atoms with Crippen LogP contribution < -0.4 is 0 Å². The van der Waals surface area contributed by atoms with Crippen LogP contribution in [0.4, 0.5) is 8.78 Å². The maximum Gasteiger partial charge on any atom is 0.223 e. The molecular weight excluding hydrogens is 458 g/mol. The van der Waals surface area contributed by atoms with Crippen LogP contribution in [-0.4, -0.2) is 54.0 Å². The van der Waals surface area contributed by atoms with Crippen molar-refractivity contribution in [1.29, 1.82) is 0 Å². The van der Waals surface area contributed by atoms with Gasteiger partial charge in [0.05, 0.1) is 6.61 Å². The fourth-order valence-corrected chi connectivity index (χ4v) is 4.84. The van der Waals surface area contributed by atoms with Crippen molar-refractivity contribution in [1.82, 2.24) is 9.80 Å². The van der Waals surface area contributed by atoms with Crippen LogP contribution in [0.2, 0.25) is 0 Å². The Bertz CT molecular complexity index is 1060. The van der Waals surface area contributed by atoms with Gasteiger partial charge in [-0.05, 0) is 61.2 Å². The normalized spacial score (nSPS) is 18.5. The summed E-state index contributed by atoms with van der Waals surface area (Å²) < 4.78 is 33.2. The lowest BCUT2D eigenvalue weighted by Gasteiger charge is -2.44. The molecule has 4 rings (SSSR count). The monoisotopic (exact) mass is 492 g/mol. The lowest BCUT2D eigenvalue weighted by Crippen LogP contribution is -2.58. The zero-order chi connectivity index (χ0) is 25.5. The molecule has 1 amide bonds. The molecule has 3 aromatic rings. The quantitative estimate of drug-likeness (QED) is 0.388. The molecule has 0 spiro atoms. The summed E-state index contributed by atoms with van der Waals surface area (Å²) in [6, 6.07) is 22.9. The molecule has 0 N–H and O–H groups in total. The summed E-state index contributed by atoms with van der Waals surface area (Å²) >= 11 is 0. The highest BCUT2D eigenvalue weighted by molar-refractivity contribution is 5.77. The fourth-order valence-electron chi connectivity index (χ4n) is 4.84. The number of ether oxygens (including phenoxy) is 1. The Morgan fingerprint density at radius 2 is 1.44 bits per heavy atom. The molecule has 4 nitrogen and oxygen atoms in total. The summed E-state index contributed by atoms with van der Waals surface area (Å²) in [5.74, 6) is -0.423. The highest BCUT2D eigenvalue weighted by Crippen LogP contribution is 2.27. The van der Waals surface area contributed by atoms with E-state index in [4.69, 9.17) is 4.74 Å². The lowest BCUT2D eigenvalue weighted by atomic mass is 10.0. The van der Waals surface area contributed by atoms with Gasteiger partial charge in [0.1, 0.15) is 17.7 Å². The van der Waals surface area contributed by atoms with Gasteiger partial charge in [-0.3, -0.25) is 9.69 Å². The molecule has 1 heterocycles. The third-order valence-electron chi connectivity index (χ3n) is 6.91. The number of piperazine rings is 1.